The predicted molar refractivity (Wildman–Crippen MR) is 141 cm³/mol. The molecule has 0 fully saturated rings. The molecule has 9 heteroatoms. The summed E-state index contributed by atoms with van der Waals surface area (Å²) in [4.78, 5) is 13.9. The van der Waals surface area contributed by atoms with Crippen molar-refractivity contribution in [2.75, 3.05) is 13.7 Å². The van der Waals surface area contributed by atoms with E-state index in [2.05, 4.69) is 79.8 Å². The van der Waals surface area contributed by atoms with Gasteiger partial charge in [0.25, 0.3) is 0 Å². The predicted octanol–water partition coefficient (Wildman–Crippen LogP) is 3.81. The number of carbonyl (C=O) groups is 1. The molecule has 1 aromatic carbocycles. The van der Waals surface area contributed by atoms with Gasteiger partial charge in [-0.05, 0) is 38.8 Å². The minimum absolute atomic E-state index is 0.0112. The van der Waals surface area contributed by atoms with Crippen LogP contribution in [0.3, 0.4) is 0 Å². The van der Waals surface area contributed by atoms with Crippen LogP contribution >= 0.6 is 0 Å². The quantitative estimate of drug-likeness (QED) is 0.390. The Morgan fingerprint density at radius 1 is 1.22 bits per heavy atom. The second-order valence-electron chi connectivity index (χ2n) is 9.53. The van der Waals surface area contributed by atoms with Gasteiger partial charge in [0.05, 0.1) is 12.3 Å². The van der Waals surface area contributed by atoms with Crippen molar-refractivity contribution in [1.29, 1.82) is 0 Å². The number of nitrogens with one attached hydrogen (secondary N) is 2. The van der Waals surface area contributed by atoms with Gasteiger partial charge < -0.3 is 30.7 Å². The van der Waals surface area contributed by atoms with Crippen LogP contribution in [0.15, 0.2) is 65.2 Å². The van der Waals surface area contributed by atoms with Crippen LogP contribution in [-0.2, 0) is 37.4 Å². The van der Waals surface area contributed by atoms with Crippen molar-refractivity contribution >= 4 is 11.5 Å². The van der Waals surface area contributed by atoms with Crippen LogP contribution in [0.1, 0.15) is 52.2 Å². The molecule has 202 valence electrons. The zero-order valence-corrected chi connectivity index (χ0v) is 25.8. The molecule has 37 heavy (non-hydrogen) atoms. The fraction of sp³-hybridized carbons (Fsp3) is 0.464. The third-order valence-electron chi connectivity index (χ3n) is 5.76. The van der Waals surface area contributed by atoms with Crippen molar-refractivity contribution in [3.63, 3.8) is 0 Å². The molecule has 0 spiro atoms. The van der Waals surface area contributed by atoms with Crippen LogP contribution in [0.5, 0.6) is 0 Å². The zero-order valence-electron chi connectivity index (χ0n) is 22.8. The molecular weight excluding hydrogens is 640 g/mol. The van der Waals surface area contributed by atoms with Crippen molar-refractivity contribution in [3.8, 4) is 0 Å². The van der Waals surface area contributed by atoms with Gasteiger partial charge in [0.2, 0.25) is 0 Å². The fourth-order valence-electron chi connectivity index (χ4n) is 4.23. The number of benzene rings is 1. The summed E-state index contributed by atoms with van der Waals surface area (Å²) in [5, 5.41) is 7.06. The second kappa shape index (κ2) is 14.4. The molecule has 0 radical (unpaired) electrons. The third kappa shape index (κ3) is 7.73. The van der Waals surface area contributed by atoms with Crippen molar-refractivity contribution in [3.05, 3.63) is 76.3 Å². The number of carbonyl (C=O) groups excluding carboxylic acids is 1. The Bertz CT molecular complexity index is 1080. The number of esters is 1. The van der Waals surface area contributed by atoms with Gasteiger partial charge in [-0.1, -0.05) is 56.2 Å². The standard InChI is InChI=1S/C25H32N4O3.C3H8.O.W/c1-14-7-6-8-18(9-14)20-12-29(5)24(31-13-16(3)32-25(30)17(4)26)22-21(20)19-10-15(2)11-27-23(19)28-22;1-3-2;;/h6-12,16-17,23-24,27-28H,13,26H2,1-5H3;3H2,1-2H3;;. The first-order valence-electron chi connectivity index (χ1n) is 12.6. The summed E-state index contributed by atoms with van der Waals surface area (Å²) in [5.74, 6) is -0.430. The summed E-state index contributed by atoms with van der Waals surface area (Å²) < 4.78 is 20.0. The molecule has 4 unspecified atom stereocenters. The Balaban J connectivity index is 0.000000898. The molecule has 3 heterocycles. The van der Waals surface area contributed by atoms with E-state index in [1.807, 2.05) is 20.2 Å². The van der Waals surface area contributed by atoms with Crippen LogP contribution < -0.4 is 16.4 Å². The summed E-state index contributed by atoms with van der Waals surface area (Å²) in [6, 6.07) is 7.88. The number of hydrogen-bond acceptors (Lipinski definition) is 8. The van der Waals surface area contributed by atoms with Crippen LogP contribution in [0.2, 0.25) is 0 Å². The number of aryl methyl sites for hydroxylation is 1. The summed E-state index contributed by atoms with van der Waals surface area (Å²) >= 11 is 0.333. The third-order valence-corrected chi connectivity index (χ3v) is 5.76. The molecule has 4 N–H and O–H groups in total. The van der Waals surface area contributed by atoms with E-state index in [0.717, 1.165) is 22.4 Å². The van der Waals surface area contributed by atoms with E-state index >= 15 is 0 Å². The Kier molecular flexibility index (Phi) is 11.9. The first kappa shape index (κ1) is 30.7. The van der Waals surface area contributed by atoms with Gasteiger partial charge in [-0.25, -0.2) is 0 Å². The van der Waals surface area contributed by atoms with Gasteiger partial charge >= 0.3 is 29.1 Å². The number of allylic oxidation sites excluding steroid dienone is 3. The summed E-state index contributed by atoms with van der Waals surface area (Å²) in [6.45, 7) is 12.1. The molecule has 8 nitrogen and oxygen atoms in total. The molecule has 3 aliphatic heterocycles. The van der Waals surface area contributed by atoms with Crippen molar-refractivity contribution < 1.29 is 37.4 Å². The molecule has 0 aliphatic carbocycles. The molecule has 0 saturated heterocycles. The molecule has 0 bridgehead atoms. The van der Waals surface area contributed by atoms with Crippen molar-refractivity contribution in [2.24, 2.45) is 5.73 Å². The minimum atomic E-state index is -0.655. The van der Waals surface area contributed by atoms with Gasteiger partial charge in [0.1, 0.15) is 18.3 Å². The van der Waals surface area contributed by atoms with Gasteiger partial charge in [-0.15, -0.1) is 0 Å². The molecule has 4 atom stereocenters. The number of likely N-dealkylation sites (N-methyl/N-ethyl adjacent to an activating group) is 1. The van der Waals surface area contributed by atoms with E-state index in [1.54, 1.807) is 6.92 Å². The van der Waals surface area contributed by atoms with Gasteiger partial charge in [0, 0.05) is 36.2 Å². The fourth-order valence-corrected chi connectivity index (χ4v) is 4.23. The Morgan fingerprint density at radius 3 is 2.51 bits per heavy atom. The average molecular weight is 680 g/mol. The number of nitrogens with two attached hydrogens (primary N) is 1. The number of dihydropyridines is 1. The monoisotopic (exact) mass is 680 g/mol. The Labute approximate surface area is 232 Å². The van der Waals surface area contributed by atoms with E-state index in [4.69, 9.17) is 18.6 Å². The summed E-state index contributed by atoms with van der Waals surface area (Å²) in [7, 11) is 2.00. The molecule has 0 aromatic heterocycles. The number of ether oxygens (including phenoxy) is 2. The second-order valence-corrected chi connectivity index (χ2v) is 9.53. The molecule has 4 rings (SSSR count). The maximum atomic E-state index is 11.8. The molecule has 0 saturated carbocycles. The van der Waals surface area contributed by atoms with Gasteiger partial charge in [0.15, 0.2) is 6.23 Å². The zero-order chi connectivity index (χ0) is 27.7. The van der Waals surface area contributed by atoms with Crippen LogP contribution in [0.4, 0.5) is 0 Å². The first-order valence-corrected chi connectivity index (χ1v) is 13.8. The Morgan fingerprint density at radius 2 is 1.89 bits per heavy atom. The van der Waals surface area contributed by atoms with Gasteiger partial charge in [-0.3, -0.25) is 4.79 Å². The van der Waals surface area contributed by atoms with Gasteiger partial charge in [-0.2, -0.15) is 0 Å². The first-order chi connectivity index (χ1) is 17.7. The number of fused-ring (bicyclic) bond motifs is 2. The molecule has 1 aromatic rings. The SMILES string of the molecule is CC1=CNC2NC3=C(C(c4cccc(C)c4)=CN(C)C3OCC(C)OC(=O)C(C)N)C2=C1.CCC.[O]=[W]. The molecular formula is C28H40N4O4W. The van der Waals surface area contributed by atoms with E-state index in [0.29, 0.717) is 19.8 Å². The summed E-state index contributed by atoms with van der Waals surface area (Å²) in [5.41, 5.74) is 13.7. The van der Waals surface area contributed by atoms with Crippen molar-refractivity contribution in [1.82, 2.24) is 15.5 Å². The van der Waals surface area contributed by atoms with Crippen LogP contribution in [-0.4, -0.2) is 49.1 Å². The number of rotatable bonds is 6. The topological polar surface area (TPSA) is 106 Å². The average Bonchev–Trinajstić information content (AvgIpc) is 3.23. The van der Waals surface area contributed by atoms with E-state index in [1.165, 1.54) is 23.1 Å². The van der Waals surface area contributed by atoms with Crippen LogP contribution in [0, 0.1) is 6.92 Å². The van der Waals surface area contributed by atoms with E-state index < -0.39 is 18.1 Å². The summed E-state index contributed by atoms with van der Waals surface area (Å²) in [6.07, 6.45) is 6.87. The van der Waals surface area contributed by atoms with Crippen LogP contribution in [0.25, 0.3) is 5.57 Å². The maximum absolute atomic E-state index is 11.8. The van der Waals surface area contributed by atoms with E-state index in [9.17, 15) is 4.79 Å². The van der Waals surface area contributed by atoms with E-state index in [-0.39, 0.29) is 19.0 Å². The number of nitrogens with zero attached hydrogens (tertiary/aromatic N) is 1. The Hall–Kier alpha value is -2.54. The number of hydrogen-bond donors (Lipinski definition) is 3. The normalized spacial score (nSPS) is 21.1. The molecule has 0 amide bonds. The van der Waals surface area contributed by atoms with Crippen molar-refractivity contribution in [2.45, 2.75) is 72.5 Å². The molecule has 3 aliphatic rings.